The molecule has 2 aromatic heterocycles. The number of aromatic amines is 1. The van der Waals surface area contributed by atoms with Gasteiger partial charge in [-0.1, -0.05) is 0 Å². The molecule has 0 aliphatic carbocycles. The van der Waals surface area contributed by atoms with Crippen LogP contribution in [-0.4, -0.2) is 58.4 Å². The predicted octanol–water partition coefficient (Wildman–Crippen LogP) is 3.34. The van der Waals surface area contributed by atoms with Gasteiger partial charge in [0.15, 0.2) is 11.5 Å². The molecular weight excluding hydrogens is 406 g/mol. The van der Waals surface area contributed by atoms with Gasteiger partial charge in [0.1, 0.15) is 5.82 Å². The van der Waals surface area contributed by atoms with Gasteiger partial charge in [-0.15, -0.1) is 0 Å². The lowest BCUT2D eigenvalue weighted by molar-refractivity contribution is 0.254. The van der Waals surface area contributed by atoms with Crippen LogP contribution in [0.5, 0.6) is 11.5 Å². The van der Waals surface area contributed by atoms with Gasteiger partial charge >= 0.3 is 0 Å². The first-order valence-electron chi connectivity index (χ1n) is 11.2. The van der Waals surface area contributed by atoms with Crippen molar-refractivity contribution >= 4 is 17.5 Å². The van der Waals surface area contributed by atoms with E-state index in [1.165, 1.54) is 31.5 Å². The number of H-pyrrole nitrogens is 1. The molecule has 4 heterocycles. The molecule has 0 atom stereocenters. The summed E-state index contributed by atoms with van der Waals surface area (Å²) in [6.45, 7) is 5.72. The maximum atomic E-state index is 6.05. The largest absolute Gasteiger partial charge is 0.493 e. The number of rotatable bonds is 9. The Morgan fingerprint density at radius 1 is 1.12 bits per heavy atom. The Hall–Kier alpha value is -3.33. The summed E-state index contributed by atoms with van der Waals surface area (Å²) in [5, 5.41) is 10.4. The summed E-state index contributed by atoms with van der Waals surface area (Å²) in [5.41, 5.74) is 3.20. The van der Waals surface area contributed by atoms with Crippen molar-refractivity contribution in [3.63, 3.8) is 0 Å². The van der Waals surface area contributed by atoms with Gasteiger partial charge in [-0.2, -0.15) is 10.1 Å². The second kappa shape index (κ2) is 9.44. The second-order valence-corrected chi connectivity index (χ2v) is 8.21. The van der Waals surface area contributed by atoms with Crippen molar-refractivity contribution in [1.29, 1.82) is 0 Å². The smallest absolute Gasteiger partial charge is 0.229 e. The van der Waals surface area contributed by atoms with Gasteiger partial charge in [-0.3, -0.25) is 5.10 Å². The minimum atomic E-state index is 0.543. The van der Waals surface area contributed by atoms with Crippen molar-refractivity contribution in [3.8, 4) is 11.5 Å². The monoisotopic (exact) mass is 435 g/mol. The fourth-order valence-corrected chi connectivity index (χ4v) is 4.28. The van der Waals surface area contributed by atoms with E-state index in [1.807, 2.05) is 30.5 Å². The molecule has 32 heavy (non-hydrogen) atoms. The molecule has 9 nitrogen and oxygen atoms in total. The summed E-state index contributed by atoms with van der Waals surface area (Å²) in [6, 6.07) is 7.71. The fourth-order valence-electron chi connectivity index (χ4n) is 4.28. The van der Waals surface area contributed by atoms with Crippen LogP contribution in [0.3, 0.4) is 0 Å². The van der Waals surface area contributed by atoms with E-state index in [1.54, 1.807) is 13.3 Å². The van der Waals surface area contributed by atoms with Crippen LogP contribution in [0.2, 0.25) is 0 Å². The molecule has 0 radical (unpaired) electrons. The van der Waals surface area contributed by atoms with E-state index >= 15 is 0 Å². The van der Waals surface area contributed by atoms with Crippen molar-refractivity contribution in [1.82, 2.24) is 25.1 Å². The standard InChI is InChI=1S/C23H29N7O2/c1-31-20-6-5-18(13-21(20)32-12-4-11-29-9-2-3-10-29)26-23-24-8-7-22(27-23)30-15-17-14-25-28-19(17)16-30/h5-8,13-14H,2-4,9-12,15-16H2,1H3,(H,25,28)(H,24,26,27). The normalized spacial score (nSPS) is 15.7. The van der Waals surface area contributed by atoms with Gasteiger partial charge in [0.2, 0.25) is 5.95 Å². The zero-order valence-electron chi connectivity index (χ0n) is 18.4. The van der Waals surface area contributed by atoms with E-state index in [0.29, 0.717) is 12.6 Å². The number of hydrogen-bond acceptors (Lipinski definition) is 8. The van der Waals surface area contributed by atoms with Gasteiger partial charge in [0.05, 0.1) is 32.2 Å². The Balaban J connectivity index is 1.22. The molecule has 0 unspecified atom stereocenters. The van der Waals surface area contributed by atoms with E-state index in [0.717, 1.165) is 54.8 Å². The Morgan fingerprint density at radius 3 is 2.88 bits per heavy atom. The molecule has 0 spiro atoms. The Morgan fingerprint density at radius 2 is 2.03 bits per heavy atom. The van der Waals surface area contributed by atoms with Gasteiger partial charge in [-0.25, -0.2) is 4.98 Å². The number of likely N-dealkylation sites (tertiary alicyclic amines) is 1. The van der Waals surface area contributed by atoms with Crippen LogP contribution in [-0.2, 0) is 13.1 Å². The van der Waals surface area contributed by atoms with Crippen LogP contribution < -0.4 is 19.7 Å². The van der Waals surface area contributed by atoms with E-state index < -0.39 is 0 Å². The summed E-state index contributed by atoms with van der Waals surface area (Å²) in [5.74, 6) is 2.86. The highest BCUT2D eigenvalue weighted by atomic mass is 16.5. The molecule has 1 aromatic carbocycles. The van der Waals surface area contributed by atoms with Crippen molar-refractivity contribution in [2.45, 2.75) is 32.4 Å². The number of anilines is 3. The molecule has 5 rings (SSSR count). The highest BCUT2D eigenvalue weighted by molar-refractivity contribution is 5.60. The zero-order chi connectivity index (χ0) is 21.8. The molecule has 0 saturated carbocycles. The van der Waals surface area contributed by atoms with Crippen LogP contribution in [0.25, 0.3) is 0 Å². The van der Waals surface area contributed by atoms with E-state index in [4.69, 9.17) is 14.5 Å². The molecule has 0 amide bonds. The number of nitrogens with one attached hydrogen (secondary N) is 2. The average molecular weight is 436 g/mol. The van der Waals surface area contributed by atoms with Crippen molar-refractivity contribution < 1.29 is 9.47 Å². The number of nitrogens with zero attached hydrogens (tertiary/aromatic N) is 5. The molecule has 2 aliphatic rings. The van der Waals surface area contributed by atoms with Crippen LogP contribution in [0.4, 0.5) is 17.5 Å². The van der Waals surface area contributed by atoms with Crippen molar-refractivity contribution in [3.05, 3.63) is 47.9 Å². The van der Waals surface area contributed by atoms with Crippen LogP contribution in [0.1, 0.15) is 30.5 Å². The molecular formula is C23H29N7O2. The van der Waals surface area contributed by atoms with E-state index in [9.17, 15) is 0 Å². The summed E-state index contributed by atoms with van der Waals surface area (Å²) < 4.78 is 11.5. The fraction of sp³-hybridized carbons (Fsp3) is 0.435. The lowest BCUT2D eigenvalue weighted by atomic mass is 10.2. The Bertz CT molecular complexity index is 1030. The Labute approximate surface area is 187 Å². The number of aromatic nitrogens is 4. The van der Waals surface area contributed by atoms with Gasteiger partial charge in [0, 0.05) is 36.6 Å². The topological polar surface area (TPSA) is 91.4 Å². The number of fused-ring (bicyclic) bond motifs is 1. The maximum absolute atomic E-state index is 6.05. The van der Waals surface area contributed by atoms with Crippen molar-refractivity contribution in [2.75, 3.05) is 43.6 Å². The van der Waals surface area contributed by atoms with Gasteiger partial charge in [0.25, 0.3) is 0 Å². The third kappa shape index (κ3) is 4.62. The predicted molar refractivity (Wildman–Crippen MR) is 123 cm³/mol. The van der Waals surface area contributed by atoms with E-state index in [-0.39, 0.29) is 0 Å². The van der Waals surface area contributed by atoms with E-state index in [2.05, 4.69) is 30.3 Å². The van der Waals surface area contributed by atoms with Crippen LogP contribution in [0.15, 0.2) is 36.7 Å². The quantitative estimate of drug-likeness (QED) is 0.495. The lowest BCUT2D eigenvalue weighted by Gasteiger charge is -2.18. The molecule has 1 saturated heterocycles. The first-order valence-corrected chi connectivity index (χ1v) is 11.2. The van der Waals surface area contributed by atoms with Gasteiger partial charge in [-0.05, 0) is 50.6 Å². The Kier molecular flexibility index (Phi) is 6.06. The van der Waals surface area contributed by atoms with Crippen LogP contribution in [0, 0.1) is 0 Å². The summed E-state index contributed by atoms with van der Waals surface area (Å²) in [4.78, 5) is 13.8. The molecule has 1 fully saturated rings. The summed E-state index contributed by atoms with van der Waals surface area (Å²) >= 11 is 0. The third-order valence-corrected chi connectivity index (χ3v) is 5.98. The number of benzene rings is 1. The number of ether oxygens (including phenoxy) is 2. The average Bonchev–Trinajstić information content (AvgIpc) is 3.55. The zero-order valence-corrected chi connectivity index (χ0v) is 18.4. The van der Waals surface area contributed by atoms with Gasteiger partial charge < -0.3 is 24.6 Å². The molecule has 9 heteroatoms. The maximum Gasteiger partial charge on any atom is 0.229 e. The molecule has 168 valence electrons. The molecule has 3 aromatic rings. The summed E-state index contributed by atoms with van der Waals surface area (Å²) in [6.07, 6.45) is 7.27. The minimum absolute atomic E-state index is 0.543. The van der Waals surface area contributed by atoms with Crippen LogP contribution >= 0.6 is 0 Å². The number of methoxy groups -OCH3 is 1. The molecule has 2 N–H and O–H groups in total. The first kappa shape index (κ1) is 20.6. The lowest BCUT2D eigenvalue weighted by Crippen LogP contribution is -2.21. The second-order valence-electron chi connectivity index (χ2n) is 8.21. The highest BCUT2D eigenvalue weighted by Gasteiger charge is 2.22. The minimum Gasteiger partial charge on any atom is -0.493 e. The molecule has 0 bridgehead atoms. The third-order valence-electron chi connectivity index (χ3n) is 5.98. The SMILES string of the molecule is COc1ccc(Nc2nccc(N3Cc4cn[nH]c4C3)n2)cc1OCCCN1CCCC1. The van der Waals surface area contributed by atoms with Crippen molar-refractivity contribution in [2.24, 2.45) is 0 Å². The summed E-state index contributed by atoms with van der Waals surface area (Å²) in [7, 11) is 1.66. The highest BCUT2D eigenvalue weighted by Crippen LogP contribution is 2.32. The molecule has 2 aliphatic heterocycles. The first-order chi connectivity index (χ1) is 15.8. The number of hydrogen-bond donors (Lipinski definition) is 2.